The van der Waals surface area contributed by atoms with E-state index >= 15 is 0 Å². The molecule has 1 aliphatic rings. The molecule has 0 saturated heterocycles. The Labute approximate surface area is 104 Å². The van der Waals surface area contributed by atoms with Gasteiger partial charge in [-0.1, -0.05) is 25.7 Å². The van der Waals surface area contributed by atoms with Crippen molar-refractivity contribution in [1.82, 2.24) is 5.32 Å². The molecule has 1 fully saturated rings. The second kappa shape index (κ2) is 8.48. The van der Waals surface area contributed by atoms with E-state index in [2.05, 4.69) is 5.32 Å². The molecule has 1 amide bonds. The molecule has 0 spiro atoms. The van der Waals surface area contributed by atoms with Gasteiger partial charge in [-0.05, 0) is 19.8 Å². The summed E-state index contributed by atoms with van der Waals surface area (Å²) in [5, 5.41) is 2.83. The first-order valence-electron chi connectivity index (χ1n) is 6.82. The largest absolute Gasteiger partial charge is 0.376 e. The molecule has 1 unspecified atom stereocenters. The molecule has 0 heterocycles. The number of carbonyl (C=O) groups excluding carboxylic acids is 1. The van der Waals surface area contributed by atoms with Gasteiger partial charge in [0, 0.05) is 19.0 Å². The zero-order valence-electron chi connectivity index (χ0n) is 10.9. The van der Waals surface area contributed by atoms with Gasteiger partial charge in [-0.25, -0.2) is 0 Å². The Hall–Kier alpha value is -0.610. The molecule has 0 aromatic heterocycles. The molecule has 0 aromatic carbocycles. The summed E-state index contributed by atoms with van der Waals surface area (Å²) in [4.78, 5) is 11.3. The van der Waals surface area contributed by atoms with Gasteiger partial charge in [-0.3, -0.25) is 4.79 Å². The molecule has 100 valence electrons. The predicted octanol–water partition coefficient (Wildman–Crippen LogP) is 1.58. The van der Waals surface area contributed by atoms with Crippen LogP contribution in [0.5, 0.6) is 0 Å². The van der Waals surface area contributed by atoms with Gasteiger partial charge in [0.15, 0.2) is 0 Å². The molecule has 1 saturated carbocycles. The van der Waals surface area contributed by atoms with Crippen LogP contribution in [0.25, 0.3) is 0 Å². The molecule has 0 bridgehead atoms. The summed E-state index contributed by atoms with van der Waals surface area (Å²) in [6.07, 6.45) is 8.38. The average Bonchev–Trinajstić information content (AvgIpc) is 2.52. The lowest BCUT2D eigenvalue weighted by atomic mass is 10.1. The Balaban J connectivity index is 2.01. The molecule has 1 aliphatic carbocycles. The number of hydrogen-bond acceptors (Lipinski definition) is 3. The fraction of sp³-hybridized carbons (Fsp3) is 0.923. The first kappa shape index (κ1) is 14.5. The third-order valence-electron chi connectivity index (χ3n) is 3.09. The minimum atomic E-state index is -0.0715. The number of nitrogens with two attached hydrogens (primary N) is 1. The molecule has 0 radical (unpaired) electrons. The molecule has 0 aromatic rings. The number of ether oxygens (including phenoxy) is 1. The predicted molar refractivity (Wildman–Crippen MR) is 68.7 cm³/mol. The van der Waals surface area contributed by atoms with Crippen LogP contribution < -0.4 is 11.1 Å². The fourth-order valence-electron chi connectivity index (χ4n) is 2.19. The summed E-state index contributed by atoms with van der Waals surface area (Å²) in [5.74, 6) is 0.0180. The summed E-state index contributed by atoms with van der Waals surface area (Å²) < 4.78 is 5.77. The van der Waals surface area contributed by atoms with Crippen LogP contribution in [0.4, 0.5) is 0 Å². The van der Waals surface area contributed by atoms with E-state index in [0.29, 0.717) is 25.7 Å². The summed E-state index contributed by atoms with van der Waals surface area (Å²) in [5.41, 5.74) is 5.54. The molecular weight excluding hydrogens is 216 g/mol. The van der Waals surface area contributed by atoms with Crippen molar-refractivity contribution in [3.05, 3.63) is 0 Å². The molecule has 0 aliphatic heterocycles. The van der Waals surface area contributed by atoms with Gasteiger partial charge in [-0.2, -0.15) is 0 Å². The molecule has 1 atom stereocenters. The highest BCUT2D eigenvalue weighted by Crippen LogP contribution is 2.19. The topological polar surface area (TPSA) is 64.4 Å². The van der Waals surface area contributed by atoms with E-state index in [1.807, 2.05) is 6.92 Å². The van der Waals surface area contributed by atoms with Crippen molar-refractivity contribution >= 4 is 5.91 Å². The maximum absolute atomic E-state index is 11.3. The van der Waals surface area contributed by atoms with Crippen LogP contribution in [0.15, 0.2) is 0 Å². The number of carbonyl (C=O) groups is 1. The summed E-state index contributed by atoms with van der Waals surface area (Å²) in [7, 11) is 0. The van der Waals surface area contributed by atoms with Gasteiger partial charge in [0.1, 0.15) is 0 Å². The Morgan fingerprint density at radius 3 is 2.59 bits per heavy atom. The van der Waals surface area contributed by atoms with Gasteiger partial charge in [-0.15, -0.1) is 0 Å². The zero-order valence-corrected chi connectivity index (χ0v) is 10.9. The summed E-state index contributed by atoms with van der Waals surface area (Å²) >= 11 is 0. The number of hydrogen-bond donors (Lipinski definition) is 2. The van der Waals surface area contributed by atoms with Crippen LogP contribution in [0, 0.1) is 0 Å². The third kappa shape index (κ3) is 7.34. The smallest absolute Gasteiger partial charge is 0.221 e. The molecular formula is C13H26N2O2. The fourth-order valence-corrected chi connectivity index (χ4v) is 2.19. The normalized spacial score (nSPS) is 19.6. The maximum atomic E-state index is 11.3. The van der Waals surface area contributed by atoms with E-state index in [1.165, 1.54) is 38.5 Å². The van der Waals surface area contributed by atoms with Gasteiger partial charge in [0.05, 0.1) is 12.7 Å². The Morgan fingerprint density at radius 1 is 1.35 bits per heavy atom. The average molecular weight is 242 g/mol. The zero-order chi connectivity index (χ0) is 12.5. The maximum Gasteiger partial charge on any atom is 0.221 e. The Kier molecular flexibility index (Phi) is 7.21. The van der Waals surface area contributed by atoms with Crippen molar-refractivity contribution in [2.24, 2.45) is 5.73 Å². The third-order valence-corrected chi connectivity index (χ3v) is 3.09. The quantitative estimate of drug-likeness (QED) is 0.549. The minimum Gasteiger partial charge on any atom is -0.376 e. The minimum absolute atomic E-state index is 0.0180. The van der Waals surface area contributed by atoms with Gasteiger partial charge < -0.3 is 15.8 Å². The number of rotatable bonds is 6. The van der Waals surface area contributed by atoms with E-state index in [9.17, 15) is 4.79 Å². The highest BCUT2D eigenvalue weighted by atomic mass is 16.5. The van der Waals surface area contributed by atoms with Gasteiger partial charge in [0.25, 0.3) is 0 Å². The van der Waals surface area contributed by atoms with Crippen LogP contribution in [-0.2, 0) is 9.53 Å². The van der Waals surface area contributed by atoms with Crippen LogP contribution in [0.2, 0.25) is 0 Å². The number of nitrogens with one attached hydrogen (secondary N) is 1. The number of amides is 1. The molecule has 1 rings (SSSR count). The van der Waals surface area contributed by atoms with Crippen molar-refractivity contribution < 1.29 is 9.53 Å². The first-order chi connectivity index (χ1) is 8.18. The first-order valence-corrected chi connectivity index (χ1v) is 6.82. The second-order valence-electron chi connectivity index (χ2n) is 5.02. The van der Waals surface area contributed by atoms with Crippen LogP contribution in [0.3, 0.4) is 0 Å². The van der Waals surface area contributed by atoms with Crippen molar-refractivity contribution in [1.29, 1.82) is 0 Å². The van der Waals surface area contributed by atoms with Crippen LogP contribution >= 0.6 is 0 Å². The lowest BCUT2D eigenvalue weighted by molar-refractivity contribution is -0.121. The van der Waals surface area contributed by atoms with E-state index in [-0.39, 0.29) is 11.9 Å². The highest BCUT2D eigenvalue weighted by Gasteiger charge is 2.12. The van der Waals surface area contributed by atoms with E-state index in [4.69, 9.17) is 10.5 Å². The summed E-state index contributed by atoms with van der Waals surface area (Å²) in [6, 6.07) is -0.0715. The second-order valence-corrected chi connectivity index (χ2v) is 5.02. The lowest BCUT2D eigenvalue weighted by Crippen LogP contribution is -2.32. The molecule has 3 N–H and O–H groups in total. The van der Waals surface area contributed by atoms with E-state index in [1.54, 1.807) is 0 Å². The lowest BCUT2D eigenvalue weighted by Gasteiger charge is -2.15. The molecule has 4 heteroatoms. The van der Waals surface area contributed by atoms with Crippen molar-refractivity contribution in [3.63, 3.8) is 0 Å². The van der Waals surface area contributed by atoms with Gasteiger partial charge >= 0.3 is 0 Å². The Bertz CT molecular complexity index is 211. The molecule has 4 nitrogen and oxygen atoms in total. The van der Waals surface area contributed by atoms with Crippen molar-refractivity contribution in [3.8, 4) is 0 Å². The highest BCUT2D eigenvalue weighted by molar-refractivity contribution is 5.76. The standard InChI is InChI=1S/C13H26N2O2/c1-11(14)10-13(16)15-8-9-17-12-6-4-2-3-5-7-12/h11-12H,2-10,14H2,1H3,(H,15,16). The van der Waals surface area contributed by atoms with Gasteiger partial charge in [0.2, 0.25) is 5.91 Å². The van der Waals surface area contributed by atoms with E-state index < -0.39 is 0 Å². The van der Waals surface area contributed by atoms with Crippen molar-refractivity contribution in [2.45, 2.75) is 64.0 Å². The molecule has 17 heavy (non-hydrogen) atoms. The van der Waals surface area contributed by atoms with Crippen LogP contribution in [-0.4, -0.2) is 31.2 Å². The Morgan fingerprint density at radius 2 is 2.00 bits per heavy atom. The van der Waals surface area contributed by atoms with Crippen LogP contribution in [0.1, 0.15) is 51.9 Å². The monoisotopic (exact) mass is 242 g/mol. The van der Waals surface area contributed by atoms with E-state index in [0.717, 1.165) is 0 Å². The van der Waals surface area contributed by atoms with Crippen molar-refractivity contribution in [2.75, 3.05) is 13.2 Å². The summed E-state index contributed by atoms with van der Waals surface area (Å²) in [6.45, 7) is 3.05. The SMILES string of the molecule is CC(N)CC(=O)NCCOC1CCCCCC1.